The highest BCUT2D eigenvalue weighted by Crippen LogP contribution is 2.33. The van der Waals surface area contributed by atoms with Crippen molar-refractivity contribution in [3.8, 4) is 11.5 Å². The van der Waals surface area contributed by atoms with Crippen LogP contribution >= 0.6 is 0 Å². The third-order valence-electron chi connectivity index (χ3n) is 5.74. The number of aromatic nitrogens is 1. The van der Waals surface area contributed by atoms with Crippen LogP contribution in [0.4, 0.5) is 4.39 Å². The summed E-state index contributed by atoms with van der Waals surface area (Å²) in [5.41, 5.74) is 3.25. The van der Waals surface area contributed by atoms with Crippen molar-refractivity contribution in [3.05, 3.63) is 59.0 Å². The zero-order valence-electron chi connectivity index (χ0n) is 16.2. The molecule has 1 N–H and O–H groups in total. The minimum absolute atomic E-state index is 0.0261. The summed E-state index contributed by atoms with van der Waals surface area (Å²) in [4.78, 5) is 20.3. The summed E-state index contributed by atoms with van der Waals surface area (Å²) in [6, 6.07) is 10.6. The molecule has 6 nitrogen and oxygen atoms in total. The Hall–Kier alpha value is -3.06. The van der Waals surface area contributed by atoms with Gasteiger partial charge in [-0.05, 0) is 48.4 Å². The van der Waals surface area contributed by atoms with Crippen LogP contribution in [-0.4, -0.2) is 53.7 Å². The Labute approximate surface area is 167 Å². The predicted molar refractivity (Wildman–Crippen MR) is 107 cm³/mol. The summed E-state index contributed by atoms with van der Waals surface area (Å²) in [6.45, 7) is 5.91. The normalized spacial score (nSPS) is 16.6. The number of ether oxygens (including phenoxy) is 2. The molecule has 2 aliphatic rings. The van der Waals surface area contributed by atoms with E-state index in [-0.39, 0.29) is 18.5 Å². The first-order chi connectivity index (χ1) is 14.1. The van der Waals surface area contributed by atoms with Gasteiger partial charge in [0.1, 0.15) is 11.5 Å². The molecule has 2 aromatic carbocycles. The van der Waals surface area contributed by atoms with Gasteiger partial charge in [0.2, 0.25) is 6.79 Å². The van der Waals surface area contributed by atoms with Gasteiger partial charge in [0.15, 0.2) is 11.5 Å². The van der Waals surface area contributed by atoms with Crippen molar-refractivity contribution in [2.24, 2.45) is 0 Å². The molecule has 0 radical (unpaired) electrons. The van der Waals surface area contributed by atoms with Gasteiger partial charge in [0, 0.05) is 43.6 Å². The highest BCUT2D eigenvalue weighted by Gasteiger charge is 2.25. The van der Waals surface area contributed by atoms with Crippen LogP contribution in [0, 0.1) is 12.7 Å². The lowest BCUT2D eigenvalue weighted by molar-refractivity contribution is 0.0623. The maximum atomic E-state index is 13.5. The number of halogens is 1. The molecule has 0 bridgehead atoms. The molecule has 0 saturated carbocycles. The third kappa shape index (κ3) is 3.31. The van der Waals surface area contributed by atoms with Gasteiger partial charge in [-0.1, -0.05) is 6.07 Å². The third-order valence-corrected chi connectivity index (χ3v) is 5.74. The van der Waals surface area contributed by atoms with E-state index in [1.165, 1.54) is 17.7 Å². The number of nitrogens with zero attached hydrogens (tertiary/aromatic N) is 2. The van der Waals surface area contributed by atoms with Crippen LogP contribution < -0.4 is 9.47 Å². The number of nitrogens with one attached hydrogen (secondary N) is 1. The lowest BCUT2D eigenvalue weighted by Crippen LogP contribution is -2.48. The lowest BCUT2D eigenvalue weighted by atomic mass is 10.1. The van der Waals surface area contributed by atoms with Crippen molar-refractivity contribution in [1.29, 1.82) is 0 Å². The second-order valence-electron chi connectivity index (χ2n) is 7.57. The van der Waals surface area contributed by atoms with Gasteiger partial charge in [-0.3, -0.25) is 9.69 Å². The van der Waals surface area contributed by atoms with Crippen LogP contribution in [0.2, 0.25) is 0 Å². The van der Waals surface area contributed by atoms with E-state index in [0.29, 0.717) is 24.3 Å². The molecule has 1 saturated heterocycles. The number of aryl methyl sites for hydroxylation is 1. The van der Waals surface area contributed by atoms with Crippen molar-refractivity contribution in [3.63, 3.8) is 0 Å². The number of fused-ring (bicyclic) bond motifs is 2. The van der Waals surface area contributed by atoms with E-state index in [1.54, 1.807) is 6.07 Å². The van der Waals surface area contributed by atoms with E-state index in [1.807, 2.05) is 24.0 Å². The Morgan fingerprint density at radius 3 is 2.69 bits per heavy atom. The summed E-state index contributed by atoms with van der Waals surface area (Å²) in [5, 5.41) is 0.885. The molecule has 7 heteroatoms. The van der Waals surface area contributed by atoms with Crippen molar-refractivity contribution in [1.82, 2.24) is 14.8 Å². The molecule has 2 aliphatic heterocycles. The highest BCUT2D eigenvalue weighted by atomic mass is 19.1. The van der Waals surface area contributed by atoms with Crippen LogP contribution in [0.5, 0.6) is 11.5 Å². The number of amides is 1. The summed E-state index contributed by atoms with van der Waals surface area (Å²) in [7, 11) is 0. The molecule has 5 rings (SSSR count). The zero-order chi connectivity index (χ0) is 20.0. The van der Waals surface area contributed by atoms with E-state index in [9.17, 15) is 9.18 Å². The molecule has 0 spiro atoms. The maximum absolute atomic E-state index is 13.5. The van der Waals surface area contributed by atoms with Crippen LogP contribution in [0.25, 0.3) is 10.9 Å². The van der Waals surface area contributed by atoms with Crippen molar-refractivity contribution < 1.29 is 18.7 Å². The number of carbonyl (C=O) groups is 1. The smallest absolute Gasteiger partial charge is 0.270 e. The quantitative estimate of drug-likeness (QED) is 0.739. The zero-order valence-corrected chi connectivity index (χ0v) is 16.2. The molecule has 3 aromatic rings. The number of rotatable bonds is 3. The van der Waals surface area contributed by atoms with Gasteiger partial charge in [0.25, 0.3) is 5.91 Å². The molecular formula is C22H22FN3O3. The molecular weight excluding hydrogens is 373 g/mol. The van der Waals surface area contributed by atoms with Gasteiger partial charge < -0.3 is 19.4 Å². The Morgan fingerprint density at radius 2 is 1.86 bits per heavy atom. The van der Waals surface area contributed by atoms with Gasteiger partial charge in [-0.15, -0.1) is 0 Å². The number of piperazine rings is 1. The summed E-state index contributed by atoms with van der Waals surface area (Å²) in [6.07, 6.45) is 0. The van der Waals surface area contributed by atoms with E-state index in [0.717, 1.165) is 42.1 Å². The molecule has 0 unspecified atom stereocenters. The van der Waals surface area contributed by atoms with Gasteiger partial charge in [-0.2, -0.15) is 0 Å². The molecule has 3 heterocycles. The summed E-state index contributed by atoms with van der Waals surface area (Å²) < 4.78 is 24.3. The lowest BCUT2D eigenvalue weighted by Gasteiger charge is -2.34. The van der Waals surface area contributed by atoms with Gasteiger partial charge in [0.05, 0.1) is 0 Å². The van der Waals surface area contributed by atoms with Gasteiger partial charge in [-0.25, -0.2) is 4.39 Å². The molecule has 0 atom stereocenters. The van der Waals surface area contributed by atoms with Gasteiger partial charge >= 0.3 is 0 Å². The van der Waals surface area contributed by atoms with Crippen molar-refractivity contribution in [2.75, 3.05) is 33.0 Å². The number of H-pyrrole nitrogens is 1. The highest BCUT2D eigenvalue weighted by molar-refractivity contribution is 6.00. The van der Waals surface area contributed by atoms with Crippen LogP contribution in [-0.2, 0) is 6.54 Å². The van der Waals surface area contributed by atoms with E-state index < -0.39 is 0 Å². The maximum Gasteiger partial charge on any atom is 0.270 e. The second-order valence-corrected chi connectivity index (χ2v) is 7.57. The fourth-order valence-corrected chi connectivity index (χ4v) is 4.09. The Morgan fingerprint density at radius 1 is 1.07 bits per heavy atom. The average molecular weight is 395 g/mol. The fourth-order valence-electron chi connectivity index (χ4n) is 4.09. The van der Waals surface area contributed by atoms with Crippen molar-refractivity contribution in [2.45, 2.75) is 13.5 Å². The average Bonchev–Trinajstić information content (AvgIpc) is 3.32. The number of carbonyl (C=O) groups excluding carboxylic acids is 1. The fraction of sp³-hybridized carbons (Fsp3) is 0.318. The number of aromatic amines is 1. The number of hydrogen-bond donors (Lipinski definition) is 1. The molecule has 150 valence electrons. The van der Waals surface area contributed by atoms with E-state index in [4.69, 9.17) is 9.47 Å². The van der Waals surface area contributed by atoms with E-state index in [2.05, 4.69) is 16.0 Å². The largest absolute Gasteiger partial charge is 0.454 e. The molecule has 1 amide bonds. The number of benzene rings is 2. The topological polar surface area (TPSA) is 57.8 Å². The number of hydrogen-bond acceptors (Lipinski definition) is 4. The monoisotopic (exact) mass is 395 g/mol. The minimum atomic E-state index is -0.310. The van der Waals surface area contributed by atoms with Crippen molar-refractivity contribution >= 4 is 16.8 Å². The molecule has 0 aliphatic carbocycles. The molecule has 29 heavy (non-hydrogen) atoms. The Bertz CT molecular complexity index is 1090. The van der Waals surface area contributed by atoms with Crippen LogP contribution in [0.1, 0.15) is 21.6 Å². The standard InChI is InChI=1S/C22H22FN3O3/c1-14-17-4-3-16(23)11-18(17)24-21(14)22(27)26-8-6-25(7-9-26)12-15-2-5-19-20(10-15)29-13-28-19/h2-5,10-11,24H,6-9,12-13H2,1H3. The van der Waals surface area contributed by atoms with E-state index >= 15 is 0 Å². The van der Waals surface area contributed by atoms with Crippen LogP contribution in [0.3, 0.4) is 0 Å². The predicted octanol–water partition coefficient (Wildman–Crippen LogP) is 3.30. The second kappa shape index (κ2) is 7.08. The first-order valence-electron chi connectivity index (χ1n) is 9.76. The minimum Gasteiger partial charge on any atom is -0.454 e. The Balaban J connectivity index is 1.25. The SMILES string of the molecule is Cc1c(C(=O)N2CCN(Cc3ccc4c(c3)OCO4)CC2)[nH]c2cc(F)ccc12. The first-order valence-corrected chi connectivity index (χ1v) is 9.76. The van der Waals surface area contributed by atoms with Crippen LogP contribution in [0.15, 0.2) is 36.4 Å². The first kappa shape index (κ1) is 18.0. The molecule has 1 fully saturated rings. The molecule has 1 aromatic heterocycles. The summed E-state index contributed by atoms with van der Waals surface area (Å²) in [5.74, 6) is 1.25. The Kier molecular flexibility index (Phi) is 4.39. The summed E-state index contributed by atoms with van der Waals surface area (Å²) >= 11 is 0.